The number of aromatic nitrogens is 2. The maximum Gasteiger partial charge on any atom is 0.311 e. The number of para-hydroxylation sites is 1. The van der Waals surface area contributed by atoms with E-state index < -0.39 is 11.4 Å². The number of likely N-dealkylation sites (N-methyl/N-ethyl adjacent to an activating group) is 1. The van der Waals surface area contributed by atoms with Gasteiger partial charge in [-0.2, -0.15) is 0 Å². The Balaban J connectivity index is 1.47. The predicted octanol–water partition coefficient (Wildman–Crippen LogP) is 2.52. The van der Waals surface area contributed by atoms with E-state index in [0.29, 0.717) is 12.2 Å². The molecule has 1 aromatic heterocycles. The van der Waals surface area contributed by atoms with E-state index in [9.17, 15) is 9.90 Å². The molecule has 154 valence electrons. The Morgan fingerprint density at radius 3 is 2.72 bits per heavy atom. The van der Waals surface area contributed by atoms with Gasteiger partial charge in [-0.05, 0) is 51.5 Å². The van der Waals surface area contributed by atoms with Crippen molar-refractivity contribution in [3.05, 3.63) is 42.2 Å². The molecule has 0 bridgehead atoms. The van der Waals surface area contributed by atoms with Gasteiger partial charge in [0.25, 0.3) is 0 Å². The summed E-state index contributed by atoms with van der Waals surface area (Å²) < 4.78 is 5.40. The molecule has 29 heavy (non-hydrogen) atoms. The average molecular weight is 396 g/mol. The van der Waals surface area contributed by atoms with Gasteiger partial charge in [0.2, 0.25) is 0 Å². The van der Waals surface area contributed by atoms with Crippen LogP contribution < -0.4 is 4.74 Å². The van der Waals surface area contributed by atoms with E-state index in [2.05, 4.69) is 26.8 Å². The van der Waals surface area contributed by atoms with Gasteiger partial charge in [0.1, 0.15) is 5.75 Å². The molecule has 3 heterocycles. The first-order valence-corrected chi connectivity index (χ1v) is 10.1. The number of hydrogen-bond acceptors (Lipinski definition) is 6. The molecule has 0 spiro atoms. The zero-order valence-corrected chi connectivity index (χ0v) is 17.0. The van der Waals surface area contributed by atoms with Crippen molar-refractivity contribution in [2.45, 2.75) is 31.8 Å². The standard InChI is InChI=1S/C22H28N4O3/c1-25-10-5-8-22(21(27)28)9-11-26(15-19(22)25)14-16-12-23-20(24-13-16)17-6-3-4-7-18(17)29-2/h3-4,6-7,12-13,19H,5,8-11,14-15H2,1-2H3,(H,27,28)/t19-,22+/m1/s1. The Morgan fingerprint density at radius 1 is 1.24 bits per heavy atom. The molecule has 0 aliphatic carbocycles. The van der Waals surface area contributed by atoms with Crippen molar-refractivity contribution in [2.75, 3.05) is 33.8 Å². The van der Waals surface area contributed by atoms with Crippen LogP contribution in [0.4, 0.5) is 0 Å². The molecule has 2 saturated heterocycles. The van der Waals surface area contributed by atoms with Crippen LogP contribution in [0.15, 0.2) is 36.7 Å². The normalized spacial score (nSPS) is 25.4. The van der Waals surface area contributed by atoms with Gasteiger partial charge in [-0.25, -0.2) is 9.97 Å². The van der Waals surface area contributed by atoms with E-state index in [1.807, 2.05) is 36.7 Å². The highest BCUT2D eigenvalue weighted by atomic mass is 16.5. The van der Waals surface area contributed by atoms with E-state index in [1.54, 1.807) is 7.11 Å². The number of benzene rings is 1. The summed E-state index contributed by atoms with van der Waals surface area (Å²) >= 11 is 0. The number of rotatable bonds is 5. The maximum atomic E-state index is 12.1. The molecule has 2 aliphatic rings. The summed E-state index contributed by atoms with van der Waals surface area (Å²) in [6.45, 7) is 3.23. The molecule has 0 radical (unpaired) electrons. The highest BCUT2D eigenvalue weighted by Gasteiger charge is 2.52. The molecule has 2 atom stereocenters. The van der Waals surface area contributed by atoms with Crippen molar-refractivity contribution in [2.24, 2.45) is 5.41 Å². The van der Waals surface area contributed by atoms with Crippen LogP contribution in [0.3, 0.4) is 0 Å². The third kappa shape index (κ3) is 3.72. The summed E-state index contributed by atoms with van der Waals surface area (Å²) in [5.41, 5.74) is 1.30. The van der Waals surface area contributed by atoms with Crippen molar-refractivity contribution < 1.29 is 14.6 Å². The Bertz CT molecular complexity index is 873. The van der Waals surface area contributed by atoms with Gasteiger partial charge in [0.15, 0.2) is 5.82 Å². The number of nitrogens with zero attached hydrogens (tertiary/aromatic N) is 4. The van der Waals surface area contributed by atoms with E-state index in [0.717, 1.165) is 55.9 Å². The van der Waals surface area contributed by atoms with Gasteiger partial charge in [0, 0.05) is 37.1 Å². The molecule has 7 heteroatoms. The van der Waals surface area contributed by atoms with Gasteiger partial charge in [-0.15, -0.1) is 0 Å². The molecule has 0 saturated carbocycles. The zero-order valence-electron chi connectivity index (χ0n) is 17.0. The van der Waals surface area contributed by atoms with Crippen molar-refractivity contribution in [3.8, 4) is 17.1 Å². The lowest BCUT2D eigenvalue weighted by molar-refractivity contribution is -0.162. The lowest BCUT2D eigenvalue weighted by Crippen LogP contribution is -2.62. The fourth-order valence-corrected chi connectivity index (χ4v) is 4.85. The van der Waals surface area contributed by atoms with Gasteiger partial charge >= 0.3 is 5.97 Å². The minimum atomic E-state index is -0.641. The minimum Gasteiger partial charge on any atom is -0.496 e. The van der Waals surface area contributed by atoms with Crippen molar-refractivity contribution >= 4 is 5.97 Å². The minimum absolute atomic E-state index is 0.0521. The second kappa shape index (κ2) is 8.08. The number of likely N-dealkylation sites (tertiary alicyclic amines) is 2. The van der Waals surface area contributed by atoms with Crippen LogP contribution in [0.25, 0.3) is 11.4 Å². The average Bonchev–Trinajstić information content (AvgIpc) is 2.75. The molecule has 0 amide bonds. The first kappa shape index (κ1) is 19.8. The van der Waals surface area contributed by atoms with Gasteiger partial charge in [-0.1, -0.05) is 12.1 Å². The van der Waals surface area contributed by atoms with Crippen LogP contribution in [0.1, 0.15) is 24.8 Å². The zero-order chi connectivity index (χ0) is 20.4. The van der Waals surface area contributed by atoms with Crippen molar-refractivity contribution in [1.82, 2.24) is 19.8 Å². The molecule has 1 N–H and O–H groups in total. The van der Waals surface area contributed by atoms with Crippen LogP contribution in [-0.2, 0) is 11.3 Å². The topological polar surface area (TPSA) is 78.8 Å². The predicted molar refractivity (Wildman–Crippen MR) is 110 cm³/mol. The van der Waals surface area contributed by atoms with Crippen molar-refractivity contribution in [3.63, 3.8) is 0 Å². The number of carboxylic acids is 1. The molecule has 1 aromatic carbocycles. The van der Waals surface area contributed by atoms with Crippen molar-refractivity contribution in [1.29, 1.82) is 0 Å². The molecule has 2 fully saturated rings. The summed E-state index contributed by atoms with van der Waals surface area (Å²) in [4.78, 5) is 25.7. The number of hydrogen-bond donors (Lipinski definition) is 1. The molecule has 4 rings (SSSR count). The van der Waals surface area contributed by atoms with E-state index in [4.69, 9.17) is 4.74 Å². The van der Waals surface area contributed by atoms with Gasteiger partial charge in [-0.3, -0.25) is 9.69 Å². The Hall–Kier alpha value is -2.51. The monoisotopic (exact) mass is 396 g/mol. The number of carbonyl (C=O) groups is 1. The highest BCUT2D eigenvalue weighted by molar-refractivity contribution is 5.76. The fourth-order valence-electron chi connectivity index (χ4n) is 4.85. The number of ether oxygens (including phenoxy) is 1. The molecular weight excluding hydrogens is 368 g/mol. The molecule has 0 unspecified atom stereocenters. The Morgan fingerprint density at radius 2 is 2.00 bits per heavy atom. The largest absolute Gasteiger partial charge is 0.496 e. The number of aliphatic carboxylic acids is 1. The summed E-state index contributed by atoms with van der Waals surface area (Å²) in [5.74, 6) is 0.751. The van der Waals surface area contributed by atoms with E-state index >= 15 is 0 Å². The second-order valence-corrected chi connectivity index (χ2v) is 8.16. The maximum absolute atomic E-state index is 12.1. The lowest BCUT2D eigenvalue weighted by atomic mass is 9.68. The Labute approximate surface area is 171 Å². The molecule has 7 nitrogen and oxygen atoms in total. The highest BCUT2D eigenvalue weighted by Crippen LogP contribution is 2.42. The Kier molecular flexibility index (Phi) is 5.52. The van der Waals surface area contributed by atoms with Crippen LogP contribution in [0.5, 0.6) is 5.75 Å². The summed E-state index contributed by atoms with van der Waals surface area (Å²) in [5, 5.41) is 9.92. The van der Waals surface area contributed by atoms with E-state index in [-0.39, 0.29) is 6.04 Å². The SMILES string of the molecule is COc1ccccc1-c1ncc(CN2CC[C@@]3(C(=O)O)CCCN(C)[C@@H]3C2)cn1. The third-order valence-electron chi connectivity index (χ3n) is 6.49. The van der Waals surface area contributed by atoms with E-state index in [1.165, 1.54) is 0 Å². The number of piperidine rings is 2. The summed E-state index contributed by atoms with van der Waals surface area (Å²) in [6, 6.07) is 7.76. The number of carboxylic acid groups (broad SMARTS) is 1. The van der Waals surface area contributed by atoms with Crippen LogP contribution >= 0.6 is 0 Å². The number of methoxy groups -OCH3 is 1. The molecule has 2 aliphatic heterocycles. The second-order valence-electron chi connectivity index (χ2n) is 8.16. The fraction of sp³-hybridized carbons (Fsp3) is 0.500. The quantitative estimate of drug-likeness (QED) is 0.832. The van der Waals surface area contributed by atoms with Crippen LogP contribution in [-0.4, -0.2) is 70.7 Å². The first-order valence-electron chi connectivity index (χ1n) is 10.1. The lowest BCUT2D eigenvalue weighted by Gasteiger charge is -2.51. The summed E-state index contributed by atoms with van der Waals surface area (Å²) in [6.07, 6.45) is 6.15. The van der Waals surface area contributed by atoms with Gasteiger partial charge in [0.05, 0.1) is 18.1 Å². The van der Waals surface area contributed by atoms with Crippen LogP contribution in [0, 0.1) is 5.41 Å². The molecular formula is C22H28N4O3. The van der Waals surface area contributed by atoms with Gasteiger partial charge < -0.3 is 14.7 Å². The summed E-state index contributed by atoms with van der Waals surface area (Å²) in [7, 11) is 3.69. The smallest absolute Gasteiger partial charge is 0.311 e. The first-order chi connectivity index (χ1) is 14.0. The number of fused-ring (bicyclic) bond motifs is 1. The van der Waals surface area contributed by atoms with Crippen LogP contribution in [0.2, 0.25) is 0 Å². The molecule has 2 aromatic rings. The third-order valence-corrected chi connectivity index (χ3v) is 6.49.